The second-order valence-electron chi connectivity index (χ2n) is 7.47. The van der Waals surface area contributed by atoms with Gasteiger partial charge >= 0.3 is 196 Å². The summed E-state index contributed by atoms with van der Waals surface area (Å²) in [6.07, 6.45) is 0.612. The van der Waals surface area contributed by atoms with Crippen molar-refractivity contribution in [2.24, 2.45) is 0 Å². The van der Waals surface area contributed by atoms with E-state index in [1.807, 2.05) is 24.3 Å². The van der Waals surface area contributed by atoms with Crippen molar-refractivity contribution in [3.63, 3.8) is 0 Å². The molecule has 4 rings (SSSR count). The number of carbonyl (C=O) groups is 1. The van der Waals surface area contributed by atoms with E-state index in [1.165, 1.54) is 15.9 Å². The van der Waals surface area contributed by atoms with Crippen LogP contribution < -0.4 is 15.9 Å². The molecule has 0 saturated carbocycles. The van der Waals surface area contributed by atoms with Gasteiger partial charge in [-0.05, 0) is 0 Å². The van der Waals surface area contributed by atoms with Crippen LogP contribution in [0.25, 0.3) is 0 Å². The SMILES string of the molecule is O=C(O)c1cc(CP(Br)(c2ccccc2)(c2ccccc2)c2ccccc2)ccc1Cl. The number of rotatable bonds is 6. The second-order valence-corrected chi connectivity index (χ2v) is 16.8. The molecule has 31 heavy (non-hydrogen) atoms. The van der Waals surface area contributed by atoms with Crippen LogP contribution in [0.15, 0.2) is 109 Å². The van der Waals surface area contributed by atoms with Gasteiger partial charge < -0.3 is 0 Å². The van der Waals surface area contributed by atoms with Crippen LogP contribution >= 0.6 is 32.4 Å². The molecular formula is C26H21BrClO2P. The summed E-state index contributed by atoms with van der Waals surface area (Å²) in [6, 6.07) is 36.6. The van der Waals surface area contributed by atoms with E-state index in [0.717, 1.165) is 5.56 Å². The second kappa shape index (κ2) is 8.59. The first-order valence-corrected chi connectivity index (χ1v) is 14.7. The van der Waals surface area contributed by atoms with Crippen molar-refractivity contribution in [2.75, 3.05) is 0 Å². The van der Waals surface area contributed by atoms with E-state index in [4.69, 9.17) is 11.6 Å². The Kier molecular flexibility index (Phi) is 6.03. The molecule has 0 bridgehead atoms. The fraction of sp³-hybridized carbons (Fsp3) is 0.0385. The number of carboxylic acids is 1. The maximum absolute atomic E-state index is 11.7. The zero-order valence-corrected chi connectivity index (χ0v) is 19.9. The standard InChI is InChI=1S/C26H21BrClO2P/c27-31(21-10-4-1-5-11-21,22-12-6-2-7-13-22,23-14-8-3-9-15-23)19-20-16-17-25(28)24(18-20)26(29)30/h1-18H,19H2,(H,29,30). The number of halogens is 2. The molecule has 156 valence electrons. The van der Waals surface area contributed by atoms with Crippen LogP contribution in [0.5, 0.6) is 0 Å². The fourth-order valence-corrected chi connectivity index (χ4v) is 12.0. The molecule has 5 heteroatoms. The van der Waals surface area contributed by atoms with Gasteiger partial charge in [-0.15, -0.1) is 0 Å². The quantitative estimate of drug-likeness (QED) is 0.305. The molecule has 1 N–H and O–H groups in total. The minimum atomic E-state index is -3.18. The molecular weight excluding hydrogens is 491 g/mol. The first kappa shape index (κ1) is 21.8. The van der Waals surface area contributed by atoms with E-state index >= 15 is 0 Å². The predicted molar refractivity (Wildman–Crippen MR) is 136 cm³/mol. The molecule has 2 nitrogen and oxygen atoms in total. The summed E-state index contributed by atoms with van der Waals surface area (Å²) in [4.78, 5) is 11.7. The van der Waals surface area contributed by atoms with E-state index in [9.17, 15) is 9.90 Å². The van der Waals surface area contributed by atoms with Crippen molar-refractivity contribution in [3.8, 4) is 0 Å². The Hall–Kier alpha value is -2.45. The Morgan fingerprint density at radius 3 is 1.55 bits per heavy atom. The summed E-state index contributed by atoms with van der Waals surface area (Å²) in [5.74, 6) is -1.03. The molecule has 0 saturated heterocycles. The first-order valence-electron chi connectivity index (χ1n) is 9.85. The molecule has 0 atom stereocenters. The van der Waals surface area contributed by atoms with E-state index in [2.05, 4.69) is 88.3 Å². The number of carboxylic acid groups (broad SMARTS) is 1. The topological polar surface area (TPSA) is 37.3 Å². The van der Waals surface area contributed by atoms with Gasteiger partial charge in [-0.2, -0.15) is 0 Å². The minimum absolute atomic E-state index is 0.117. The van der Waals surface area contributed by atoms with Gasteiger partial charge in [0, 0.05) is 0 Å². The molecule has 0 amide bonds. The van der Waals surface area contributed by atoms with E-state index in [-0.39, 0.29) is 10.6 Å². The van der Waals surface area contributed by atoms with Crippen molar-refractivity contribution in [2.45, 2.75) is 6.16 Å². The molecule has 0 aliphatic heterocycles. The van der Waals surface area contributed by atoms with Crippen molar-refractivity contribution < 1.29 is 9.90 Å². The van der Waals surface area contributed by atoms with Gasteiger partial charge in [0.25, 0.3) is 0 Å². The Bertz CT molecular complexity index is 1110. The molecule has 4 aromatic rings. The van der Waals surface area contributed by atoms with Gasteiger partial charge in [0.15, 0.2) is 0 Å². The van der Waals surface area contributed by atoms with Crippen molar-refractivity contribution in [3.05, 3.63) is 125 Å². The van der Waals surface area contributed by atoms with Crippen LogP contribution in [0.4, 0.5) is 0 Å². The number of aromatic carboxylic acids is 1. The summed E-state index contributed by atoms with van der Waals surface area (Å²) in [5.41, 5.74) is 1.03. The average Bonchev–Trinajstić information content (AvgIpc) is 2.82. The Morgan fingerprint density at radius 2 is 1.16 bits per heavy atom. The van der Waals surface area contributed by atoms with Gasteiger partial charge in [0.1, 0.15) is 0 Å². The van der Waals surface area contributed by atoms with Crippen LogP contribution in [0.1, 0.15) is 15.9 Å². The molecule has 0 fully saturated rings. The van der Waals surface area contributed by atoms with Gasteiger partial charge in [0.2, 0.25) is 0 Å². The molecule has 0 heterocycles. The maximum atomic E-state index is 11.7. The van der Waals surface area contributed by atoms with Crippen molar-refractivity contribution >= 4 is 54.3 Å². The van der Waals surface area contributed by atoms with Crippen LogP contribution in [-0.4, -0.2) is 11.1 Å². The summed E-state index contributed by atoms with van der Waals surface area (Å²) in [5, 5.41) is 10.2. The Labute approximate surface area is 195 Å². The Morgan fingerprint density at radius 1 is 0.742 bits per heavy atom. The molecule has 0 aliphatic rings. The Balaban J connectivity index is 2.07. The van der Waals surface area contributed by atoms with E-state index in [0.29, 0.717) is 6.16 Å². The predicted octanol–water partition coefficient (Wildman–Crippen LogP) is 6.38. The summed E-state index contributed by atoms with van der Waals surface area (Å²) >= 11 is 10.6. The third-order valence-electron chi connectivity index (χ3n) is 5.62. The summed E-state index contributed by atoms with van der Waals surface area (Å²) < 4.78 is 0. The summed E-state index contributed by atoms with van der Waals surface area (Å²) in [6.45, 7) is 0. The fourth-order valence-electron chi connectivity index (χ4n) is 4.12. The summed E-state index contributed by atoms with van der Waals surface area (Å²) in [7, 11) is 0. The van der Waals surface area contributed by atoms with Crippen LogP contribution in [-0.2, 0) is 6.16 Å². The molecule has 0 aliphatic carbocycles. The zero-order chi connectivity index (χ0) is 21.9. The van der Waals surface area contributed by atoms with Crippen LogP contribution in [0.3, 0.4) is 0 Å². The molecule has 4 aromatic carbocycles. The molecule has 0 radical (unpaired) electrons. The third kappa shape index (κ3) is 3.83. The van der Waals surface area contributed by atoms with Gasteiger partial charge in [-0.25, -0.2) is 0 Å². The van der Waals surface area contributed by atoms with Crippen LogP contribution in [0, 0.1) is 0 Å². The van der Waals surface area contributed by atoms with Gasteiger partial charge in [0.05, 0.1) is 0 Å². The average molecular weight is 512 g/mol. The monoisotopic (exact) mass is 510 g/mol. The molecule has 0 unspecified atom stereocenters. The number of hydrogen-bond donors (Lipinski definition) is 1. The van der Waals surface area contributed by atoms with Crippen LogP contribution in [0.2, 0.25) is 5.02 Å². The van der Waals surface area contributed by atoms with Gasteiger partial charge in [-0.3, -0.25) is 0 Å². The molecule has 0 spiro atoms. The molecule has 0 aromatic heterocycles. The van der Waals surface area contributed by atoms with Crippen molar-refractivity contribution in [1.82, 2.24) is 0 Å². The van der Waals surface area contributed by atoms with Crippen molar-refractivity contribution in [1.29, 1.82) is 0 Å². The van der Waals surface area contributed by atoms with Gasteiger partial charge in [-0.1, -0.05) is 0 Å². The first-order chi connectivity index (χ1) is 14.9. The van der Waals surface area contributed by atoms with E-state index < -0.39 is 11.3 Å². The third-order valence-corrected chi connectivity index (χ3v) is 15.5. The number of benzene rings is 4. The zero-order valence-electron chi connectivity index (χ0n) is 16.7. The normalized spacial score (nSPS) is 12.6. The van der Waals surface area contributed by atoms with E-state index in [1.54, 1.807) is 12.1 Å². The number of hydrogen-bond acceptors (Lipinski definition) is 1.